The highest BCUT2D eigenvalue weighted by Crippen LogP contribution is 2.32. The molecule has 2 aliphatic heterocycles. The lowest BCUT2D eigenvalue weighted by atomic mass is 9.93. The molecule has 11 nitrogen and oxygen atoms in total. The fourth-order valence-electron chi connectivity index (χ4n) is 2.78. The maximum Gasteiger partial charge on any atom is 0.192 e. The van der Waals surface area contributed by atoms with Crippen LogP contribution in [0.4, 0.5) is 0 Å². The summed E-state index contributed by atoms with van der Waals surface area (Å²) in [5.74, 6) is -2.16. The average molecular weight is 356 g/mol. The van der Waals surface area contributed by atoms with Gasteiger partial charge in [-0.2, -0.15) is 0 Å². The highest BCUT2D eigenvalue weighted by Gasteiger charge is 2.54. The van der Waals surface area contributed by atoms with Gasteiger partial charge >= 0.3 is 0 Å². The lowest BCUT2D eigenvalue weighted by Crippen LogP contribution is -2.67. The Morgan fingerprint density at radius 1 is 0.875 bits per heavy atom. The monoisotopic (exact) mass is 356 g/mol. The van der Waals surface area contributed by atoms with Crippen molar-refractivity contribution in [3.05, 3.63) is 0 Å². The van der Waals surface area contributed by atoms with Crippen molar-refractivity contribution in [2.45, 2.75) is 67.8 Å². The number of hydrogen-bond donors (Lipinski definition) is 8. The highest BCUT2D eigenvalue weighted by molar-refractivity contribution is 4.97. The minimum absolute atomic E-state index is 0.680. The van der Waals surface area contributed by atoms with Crippen LogP contribution in [0.25, 0.3) is 0 Å². The smallest absolute Gasteiger partial charge is 0.192 e. The fraction of sp³-hybridized carbons (Fsp3) is 1.00. The molecule has 8 N–H and O–H groups in total. The third-order valence-electron chi connectivity index (χ3n) is 4.29. The number of hydrogen-bond acceptors (Lipinski definition) is 11. The van der Waals surface area contributed by atoms with Crippen LogP contribution in [-0.2, 0) is 14.2 Å². The molecule has 0 saturated carbocycles. The van der Waals surface area contributed by atoms with E-state index in [0.717, 1.165) is 6.92 Å². The van der Waals surface area contributed by atoms with Crippen molar-refractivity contribution in [1.82, 2.24) is 0 Å². The van der Waals surface area contributed by atoms with Gasteiger partial charge in [0.25, 0.3) is 0 Å². The summed E-state index contributed by atoms with van der Waals surface area (Å²) in [5, 5.41) is 77.9. The van der Waals surface area contributed by atoms with E-state index in [2.05, 4.69) is 0 Å². The van der Waals surface area contributed by atoms with Crippen LogP contribution < -0.4 is 0 Å². The van der Waals surface area contributed by atoms with Crippen molar-refractivity contribution in [3.8, 4) is 0 Å². The topological polar surface area (TPSA) is 190 Å². The standard InChI is InChI=1S/C13H24O11/c1-13(21)11(20)10(7(17)5(3-15)24-13)23-12-9(19)8(18)6(16)4(2-14)22-12/h4-12,14-21H,2-3H2,1H3/t4-,5-,6+,7+,8+,9-,10+,11-,12+,13-/m1/s1. The summed E-state index contributed by atoms with van der Waals surface area (Å²) < 4.78 is 15.4. The number of rotatable bonds is 4. The molecule has 24 heavy (non-hydrogen) atoms. The molecule has 0 amide bonds. The third-order valence-corrected chi connectivity index (χ3v) is 4.29. The van der Waals surface area contributed by atoms with Crippen molar-refractivity contribution in [3.63, 3.8) is 0 Å². The molecule has 0 spiro atoms. The molecule has 0 aliphatic carbocycles. The lowest BCUT2D eigenvalue weighted by Gasteiger charge is -2.48. The van der Waals surface area contributed by atoms with Crippen molar-refractivity contribution < 1.29 is 55.1 Å². The van der Waals surface area contributed by atoms with Crippen molar-refractivity contribution >= 4 is 0 Å². The number of aliphatic hydroxyl groups excluding tert-OH is 7. The van der Waals surface area contributed by atoms with Crippen LogP contribution in [0.3, 0.4) is 0 Å². The molecular weight excluding hydrogens is 332 g/mol. The molecule has 0 aromatic heterocycles. The molecule has 2 fully saturated rings. The first-order valence-corrected chi connectivity index (χ1v) is 7.47. The van der Waals surface area contributed by atoms with Gasteiger partial charge in [0.05, 0.1) is 13.2 Å². The summed E-state index contributed by atoms with van der Waals surface area (Å²) in [5.41, 5.74) is 0. The molecule has 2 saturated heterocycles. The van der Waals surface area contributed by atoms with Gasteiger partial charge in [-0.1, -0.05) is 0 Å². The summed E-state index contributed by atoms with van der Waals surface area (Å²) >= 11 is 0. The summed E-state index contributed by atoms with van der Waals surface area (Å²) in [6.45, 7) is -0.269. The Bertz CT molecular complexity index is 417. The number of aliphatic hydroxyl groups is 8. The predicted molar refractivity (Wildman–Crippen MR) is 73.2 cm³/mol. The van der Waals surface area contributed by atoms with Gasteiger partial charge in [0, 0.05) is 0 Å². The van der Waals surface area contributed by atoms with Gasteiger partial charge in [-0.25, -0.2) is 0 Å². The third kappa shape index (κ3) is 3.57. The van der Waals surface area contributed by atoms with Crippen LogP contribution in [0.15, 0.2) is 0 Å². The van der Waals surface area contributed by atoms with Crippen molar-refractivity contribution in [2.75, 3.05) is 13.2 Å². The molecule has 2 heterocycles. The van der Waals surface area contributed by atoms with E-state index in [0.29, 0.717) is 0 Å². The van der Waals surface area contributed by atoms with Gasteiger partial charge < -0.3 is 55.1 Å². The molecule has 2 aliphatic rings. The van der Waals surface area contributed by atoms with E-state index in [1.807, 2.05) is 0 Å². The van der Waals surface area contributed by atoms with Crippen LogP contribution in [-0.4, -0.2) is 115 Å². The van der Waals surface area contributed by atoms with E-state index in [9.17, 15) is 35.7 Å². The van der Waals surface area contributed by atoms with E-state index in [4.69, 9.17) is 19.3 Å². The highest BCUT2D eigenvalue weighted by atomic mass is 16.7. The van der Waals surface area contributed by atoms with E-state index >= 15 is 0 Å². The van der Waals surface area contributed by atoms with Gasteiger partial charge in [-0.3, -0.25) is 0 Å². The molecular formula is C13H24O11. The van der Waals surface area contributed by atoms with Crippen LogP contribution >= 0.6 is 0 Å². The van der Waals surface area contributed by atoms with E-state index < -0.39 is 74.1 Å². The summed E-state index contributed by atoms with van der Waals surface area (Å²) in [7, 11) is 0. The fourth-order valence-corrected chi connectivity index (χ4v) is 2.78. The Hall–Kier alpha value is -0.440. The van der Waals surface area contributed by atoms with E-state index in [-0.39, 0.29) is 0 Å². The Morgan fingerprint density at radius 2 is 1.46 bits per heavy atom. The second-order valence-electron chi connectivity index (χ2n) is 6.13. The Morgan fingerprint density at radius 3 is 2.00 bits per heavy atom. The molecule has 0 aromatic rings. The van der Waals surface area contributed by atoms with Gasteiger partial charge in [0.15, 0.2) is 12.1 Å². The maximum absolute atomic E-state index is 10.1. The minimum atomic E-state index is -2.16. The summed E-state index contributed by atoms with van der Waals surface area (Å²) in [6, 6.07) is 0. The maximum atomic E-state index is 10.1. The number of ether oxygens (including phenoxy) is 3. The van der Waals surface area contributed by atoms with Crippen molar-refractivity contribution in [2.24, 2.45) is 0 Å². The first-order valence-electron chi connectivity index (χ1n) is 7.47. The molecule has 0 radical (unpaired) electrons. The molecule has 0 unspecified atom stereocenters. The first-order chi connectivity index (χ1) is 11.1. The Labute approximate surface area is 137 Å². The molecule has 11 heteroatoms. The zero-order chi connectivity index (χ0) is 18.2. The van der Waals surface area contributed by atoms with Crippen LogP contribution in [0.1, 0.15) is 6.92 Å². The van der Waals surface area contributed by atoms with Crippen LogP contribution in [0.5, 0.6) is 0 Å². The van der Waals surface area contributed by atoms with Gasteiger partial charge in [0.2, 0.25) is 0 Å². The SMILES string of the molecule is C[C@@]1(O)O[C@H](CO)[C@H](O)[C@H](O[C@@H]2O[C@H](CO)[C@H](O)[C@H](O)[C@H]2O)[C@H]1O. The van der Waals surface area contributed by atoms with E-state index in [1.54, 1.807) is 0 Å². The second kappa shape index (κ2) is 7.43. The first kappa shape index (κ1) is 19.9. The summed E-state index contributed by atoms with van der Waals surface area (Å²) in [4.78, 5) is 0. The minimum Gasteiger partial charge on any atom is -0.394 e. The van der Waals surface area contributed by atoms with Crippen LogP contribution in [0, 0.1) is 0 Å². The normalized spacial score (nSPS) is 53.1. The van der Waals surface area contributed by atoms with Crippen LogP contribution in [0.2, 0.25) is 0 Å². The van der Waals surface area contributed by atoms with Gasteiger partial charge in [0.1, 0.15) is 48.8 Å². The van der Waals surface area contributed by atoms with Gasteiger partial charge in [-0.05, 0) is 6.92 Å². The van der Waals surface area contributed by atoms with E-state index in [1.165, 1.54) is 0 Å². The Kier molecular flexibility index (Phi) is 6.16. The quantitative estimate of drug-likeness (QED) is 0.241. The molecule has 0 aromatic carbocycles. The molecule has 142 valence electrons. The lowest BCUT2D eigenvalue weighted by molar-refractivity contribution is -0.380. The molecule has 2 rings (SSSR count). The van der Waals surface area contributed by atoms with Gasteiger partial charge in [-0.15, -0.1) is 0 Å². The average Bonchev–Trinajstić information content (AvgIpc) is 2.55. The summed E-state index contributed by atoms with van der Waals surface area (Å²) in [6.07, 6.45) is -14.1. The largest absolute Gasteiger partial charge is 0.394 e. The zero-order valence-electron chi connectivity index (χ0n) is 12.9. The van der Waals surface area contributed by atoms with Crippen molar-refractivity contribution in [1.29, 1.82) is 0 Å². The Balaban J connectivity index is 2.17. The predicted octanol–water partition coefficient (Wildman–Crippen LogP) is -5.01. The zero-order valence-corrected chi connectivity index (χ0v) is 12.9. The second-order valence-corrected chi connectivity index (χ2v) is 6.13. The molecule has 10 atom stereocenters. The molecule has 0 bridgehead atoms.